The van der Waals surface area contributed by atoms with Crippen LogP contribution in [0.25, 0.3) is 0 Å². The minimum absolute atomic E-state index is 0.364. The van der Waals surface area contributed by atoms with Crippen molar-refractivity contribution in [2.24, 2.45) is 5.41 Å². The van der Waals surface area contributed by atoms with Crippen molar-refractivity contribution in [3.8, 4) is 0 Å². The number of piperidine rings is 1. The fraction of sp³-hybridized carbons (Fsp3) is 1.00. The highest BCUT2D eigenvalue weighted by molar-refractivity contribution is 4.89. The fourth-order valence-corrected chi connectivity index (χ4v) is 3.30. The summed E-state index contributed by atoms with van der Waals surface area (Å²) in [6.45, 7) is 13.3. The molecule has 0 aliphatic carbocycles. The predicted molar refractivity (Wildman–Crippen MR) is 78.0 cm³/mol. The molecular weight excluding hydrogens is 222 g/mol. The molecule has 2 saturated heterocycles. The van der Waals surface area contributed by atoms with Gasteiger partial charge < -0.3 is 10.2 Å². The molecule has 0 spiro atoms. The summed E-state index contributed by atoms with van der Waals surface area (Å²) < 4.78 is 0. The van der Waals surface area contributed by atoms with Gasteiger partial charge in [-0.15, -0.1) is 0 Å². The Morgan fingerprint density at radius 3 is 2.50 bits per heavy atom. The van der Waals surface area contributed by atoms with Crippen molar-refractivity contribution in [3.05, 3.63) is 0 Å². The van der Waals surface area contributed by atoms with Crippen LogP contribution in [0.2, 0.25) is 0 Å². The molecule has 2 rings (SSSR count). The first-order valence-corrected chi connectivity index (χ1v) is 7.63. The maximum Gasteiger partial charge on any atom is 0.0243 e. The Morgan fingerprint density at radius 2 is 1.83 bits per heavy atom. The highest BCUT2D eigenvalue weighted by Crippen LogP contribution is 2.24. The summed E-state index contributed by atoms with van der Waals surface area (Å²) in [4.78, 5) is 5.25. The van der Waals surface area contributed by atoms with Crippen LogP contribution in [0, 0.1) is 5.41 Å². The molecule has 0 aromatic heterocycles. The van der Waals surface area contributed by atoms with E-state index in [1.165, 1.54) is 52.0 Å². The van der Waals surface area contributed by atoms with E-state index in [1.807, 2.05) is 0 Å². The van der Waals surface area contributed by atoms with Gasteiger partial charge in [0.2, 0.25) is 0 Å². The second kappa shape index (κ2) is 5.89. The van der Waals surface area contributed by atoms with E-state index in [2.05, 4.69) is 42.9 Å². The normalized spacial score (nSPS) is 33.3. The molecule has 0 saturated carbocycles. The van der Waals surface area contributed by atoms with E-state index < -0.39 is 0 Å². The average molecular weight is 253 g/mol. The topological polar surface area (TPSA) is 18.5 Å². The van der Waals surface area contributed by atoms with Crippen molar-refractivity contribution < 1.29 is 0 Å². The number of likely N-dealkylation sites (N-methyl/N-ethyl adjacent to an activating group) is 1. The second-order valence-electron chi connectivity index (χ2n) is 7.28. The molecule has 106 valence electrons. The Hall–Kier alpha value is -0.120. The Balaban J connectivity index is 1.98. The van der Waals surface area contributed by atoms with Gasteiger partial charge in [-0.1, -0.05) is 20.8 Å². The van der Waals surface area contributed by atoms with Crippen LogP contribution in [0.3, 0.4) is 0 Å². The standard InChI is InChI=1S/C15H31N3/c1-15(2,3)14-12-18(10-6-8-16-14)13-7-5-9-17(4)11-13/h13-14,16H,5-12H2,1-4H3. The first-order chi connectivity index (χ1) is 8.47. The van der Waals surface area contributed by atoms with Crippen LogP contribution in [0.4, 0.5) is 0 Å². The van der Waals surface area contributed by atoms with Crippen LogP contribution in [0.5, 0.6) is 0 Å². The molecule has 2 atom stereocenters. The highest BCUT2D eigenvalue weighted by Gasteiger charge is 2.31. The zero-order chi connectivity index (χ0) is 13.2. The quantitative estimate of drug-likeness (QED) is 0.769. The molecule has 0 amide bonds. The molecular formula is C15H31N3. The van der Waals surface area contributed by atoms with E-state index in [1.54, 1.807) is 0 Å². The maximum absolute atomic E-state index is 3.75. The van der Waals surface area contributed by atoms with Gasteiger partial charge in [-0.3, -0.25) is 4.90 Å². The summed E-state index contributed by atoms with van der Waals surface area (Å²) in [6, 6.07) is 1.42. The molecule has 3 nitrogen and oxygen atoms in total. The van der Waals surface area contributed by atoms with E-state index in [0.29, 0.717) is 11.5 Å². The van der Waals surface area contributed by atoms with Gasteiger partial charge in [-0.2, -0.15) is 0 Å². The van der Waals surface area contributed by atoms with Crippen molar-refractivity contribution in [3.63, 3.8) is 0 Å². The molecule has 2 unspecified atom stereocenters. The summed E-state index contributed by atoms with van der Waals surface area (Å²) in [6.07, 6.45) is 4.05. The minimum Gasteiger partial charge on any atom is -0.312 e. The van der Waals surface area contributed by atoms with Gasteiger partial charge in [0.15, 0.2) is 0 Å². The van der Waals surface area contributed by atoms with Crippen LogP contribution in [0.1, 0.15) is 40.0 Å². The molecule has 2 fully saturated rings. The third-order valence-electron chi connectivity index (χ3n) is 4.59. The van der Waals surface area contributed by atoms with Gasteiger partial charge in [-0.25, -0.2) is 0 Å². The third kappa shape index (κ3) is 3.69. The van der Waals surface area contributed by atoms with Crippen molar-refractivity contribution in [1.29, 1.82) is 0 Å². The largest absolute Gasteiger partial charge is 0.312 e. The Kier molecular flexibility index (Phi) is 4.68. The zero-order valence-electron chi connectivity index (χ0n) is 12.7. The number of rotatable bonds is 1. The van der Waals surface area contributed by atoms with E-state index in [-0.39, 0.29) is 0 Å². The van der Waals surface area contributed by atoms with Gasteiger partial charge in [0.25, 0.3) is 0 Å². The fourth-order valence-electron chi connectivity index (χ4n) is 3.30. The number of likely N-dealkylation sites (tertiary alicyclic amines) is 1. The van der Waals surface area contributed by atoms with Gasteiger partial charge in [0.1, 0.15) is 0 Å². The molecule has 2 aliphatic rings. The van der Waals surface area contributed by atoms with Gasteiger partial charge in [0.05, 0.1) is 0 Å². The molecule has 2 heterocycles. The van der Waals surface area contributed by atoms with Gasteiger partial charge in [-0.05, 0) is 51.4 Å². The molecule has 0 radical (unpaired) electrons. The van der Waals surface area contributed by atoms with Gasteiger partial charge in [0, 0.05) is 25.2 Å². The van der Waals surface area contributed by atoms with E-state index in [0.717, 1.165) is 6.04 Å². The lowest BCUT2D eigenvalue weighted by atomic mass is 9.86. The lowest BCUT2D eigenvalue weighted by Crippen LogP contribution is -2.52. The highest BCUT2D eigenvalue weighted by atomic mass is 15.2. The van der Waals surface area contributed by atoms with E-state index in [4.69, 9.17) is 0 Å². The number of nitrogens with one attached hydrogen (secondary N) is 1. The molecule has 18 heavy (non-hydrogen) atoms. The Bertz CT molecular complexity index is 259. The molecule has 0 aromatic carbocycles. The van der Waals surface area contributed by atoms with Crippen molar-refractivity contribution in [2.75, 3.05) is 39.8 Å². The first kappa shape index (κ1) is 14.3. The molecule has 0 bridgehead atoms. The van der Waals surface area contributed by atoms with Crippen molar-refractivity contribution in [2.45, 2.75) is 52.1 Å². The Labute approximate surface area is 113 Å². The second-order valence-corrected chi connectivity index (χ2v) is 7.28. The van der Waals surface area contributed by atoms with Crippen LogP contribution in [0.15, 0.2) is 0 Å². The Morgan fingerprint density at radius 1 is 1.06 bits per heavy atom. The SMILES string of the molecule is CN1CCCC(N2CCCNC(C(C)(C)C)C2)C1. The zero-order valence-corrected chi connectivity index (χ0v) is 12.7. The summed E-state index contributed by atoms with van der Waals surface area (Å²) in [5.41, 5.74) is 0.364. The van der Waals surface area contributed by atoms with Crippen LogP contribution in [-0.2, 0) is 0 Å². The summed E-state index contributed by atoms with van der Waals surface area (Å²) in [5.74, 6) is 0. The molecule has 2 aliphatic heterocycles. The minimum atomic E-state index is 0.364. The van der Waals surface area contributed by atoms with E-state index >= 15 is 0 Å². The lowest BCUT2D eigenvalue weighted by molar-refractivity contribution is 0.0954. The number of nitrogens with zero attached hydrogens (tertiary/aromatic N) is 2. The van der Waals surface area contributed by atoms with E-state index in [9.17, 15) is 0 Å². The molecule has 1 N–H and O–H groups in total. The van der Waals surface area contributed by atoms with Crippen molar-refractivity contribution in [1.82, 2.24) is 15.1 Å². The first-order valence-electron chi connectivity index (χ1n) is 7.63. The van der Waals surface area contributed by atoms with Gasteiger partial charge >= 0.3 is 0 Å². The average Bonchev–Trinajstić information content (AvgIpc) is 2.53. The smallest absolute Gasteiger partial charge is 0.0243 e. The van der Waals surface area contributed by atoms with Crippen LogP contribution >= 0.6 is 0 Å². The summed E-state index contributed by atoms with van der Waals surface area (Å²) in [7, 11) is 2.27. The summed E-state index contributed by atoms with van der Waals surface area (Å²) in [5, 5.41) is 3.75. The number of hydrogen-bond donors (Lipinski definition) is 1. The molecule has 0 aromatic rings. The third-order valence-corrected chi connectivity index (χ3v) is 4.59. The maximum atomic E-state index is 3.75. The van der Waals surface area contributed by atoms with Crippen LogP contribution < -0.4 is 5.32 Å². The summed E-state index contributed by atoms with van der Waals surface area (Å²) >= 11 is 0. The van der Waals surface area contributed by atoms with Crippen LogP contribution in [-0.4, -0.2) is 61.7 Å². The predicted octanol–water partition coefficient (Wildman–Crippen LogP) is 1.79. The number of hydrogen-bond acceptors (Lipinski definition) is 3. The molecule has 3 heteroatoms. The lowest BCUT2D eigenvalue weighted by Gasteiger charge is -2.40. The van der Waals surface area contributed by atoms with Crippen molar-refractivity contribution >= 4 is 0 Å². The monoisotopic (exact) mass is 253 g/mol.